The second-order valence-electron chi connectivity index (χ2n) is 3.29. The van der Waals surface area contributed by atoms with Crippen LogP contribution in [0.15, 0.2) is 0 Å². The lowest BCUT2D eigenvalue weighted by Crippen LogP contribution is -2.07. The summed E-state index contributed by atoms with van der Waals surface area (Å²) in [6, 6.07) is 0.445. The Hall–Kier alpha value is -0.990. The number of hydrogen-bond acceptors (Lipinski definition) is 2. The highest BCUT2D eigenvalue weighted by Crippen LogP contribution is 2.20. The zero-order valence-electron chi connectivity index (χ0n) is 8.26. The van der Waals surface area contributed by atoms with Gasteiger partial charge in [-0.3, -0.25) is 4.68 Å². The second kappa shape index (κ2) is 3.17. The van der Waals surface area contributed by atoms with E-state index in [9.17, 15) is 0 Å². The minimum absolute atomic E-state index is 0.445. The van der Waals surface area contributed by atoms with Crippen molar-refractivity contribution in [1.29, 1.82) is 0 Å². The maximum atomic E-state index is 5.81. The van der Waals surface area contributed by atoms with Gasteiger partial charge in [-0.25, -0.2) is 0 Å². The highest BCUT2D eigenvalue weighted by Gasteiger charge is 2.11. The van der Waals surface area contributed by atoms with Crippen molar-refractivity contribution < 1.29 is 0 Å². The maximum absolute atomic E-state index is 5.81. The molecule has 1 aromatic heterocycles. The molecule has 2 N–H and O–H groups in total. The van der Waals surface area contributed by atoms with Gasteiger partial charge in [-0.1, -0.05) is 6.92 Å². The van der Waals surface area contributed by atoms with Crippen LogP contribution in [0.4, 0.5) is 5.69 Å². The number of nitrogens with two attached hydrogens (primary N) is 1. The first-order chi connectivity index (χ1) is 5.57. The molecule has 0 aliphatic heterocycles. The summed E-state index contributed by atoms with van der Waals surface area (Å²) in [5.41, 5.74) is 8.66. The van der Waals surface area contributed by atoms with Gasteiger partial charge in [0.25, 0.3) is 0 Å². The fourth-order valence-electron chi connectivity index (χ4n) is 1.28. The number of nitrogens with zero attached hydrogens (tertiary/aromatic N) is 2. The third-order valence-electron chi connectivity index (χ3n) is 2.39. The Morgan fingerprint density at radius 3 is 2.42 bits per heavy atom. The van der Waals surface area contributed by atoms with E-state index in [2.05, 4.69) is 18.9 Å². The minimum atomic E-state index is 0.445. The molecule has 0 aliphatic carbocycles. The Morgan fingerprint density at radius 2 is 2.08 bits per heavy atom. The highest BCUT2D eigenvalue weighted by atomic mass is 15.3. The Kier molecular flexibility index (Phi) is 2.40. The molecular formula is C9H17N3. The average molecular weight is 167 g/mol. The van der Waals surface area contributed by atoms with Gasteiger partial charge >= 0.3 is 0 Å². The van der Waals surface area contributed by atoms with E-state index in [0.29, 0.717) is 6.04 Å². The van der Waals surface area contributed by atoms with E-state index < -0.39 is 0 Å². The number of hydrogen-bond donors (Lipinski definition) is 1. The zero-order chi connectivity index (χ0) is 9.30. The lowest BCUT2D eigenvalue weighted by molar-refractivity contribution is 0.465. The van der Waals surface area contributed by atoms with Crippen LogP contribution in [0.2, 0.25) is 0 Å². The standard InChI is InChI=1S/C9H17N3/c1-5-6(2)12-8(4)9(10)7(3)11-12/h6H,5,10H2,1-4H3. The van der Waals surface area contributed by atoms with E-state index in [-0.39, 0.29) is 0 Å². The molecule has 1 unspecified atom stereocenters. The lowest BCUT2D eigenvalue weighted by atomic mass is 10.2. The van der Waals surface area contributed by atoms with Crippen molar-refractivity contribution in [1.82, 2.24) is 9.78 Å². The van der Waals surface area contributed by atoms with Crippen molar-refractivity contribution in [3.05, 3.63) is 11.4 Å². The van der Waals surface area contributed by atoms with Crippen LogP contribution >= 0.6 is 0 Å². The summed E-state index contributed by atoms with van der Waals surface area (Å²) >= 11 is 0. The molecule has 1 aromatic rings. The van der Waals surface area contributed by atoms with Crippen LogP contribution in [0.1, 0.15) is 37.7 Å². The van der Waals surface area contributed by atoms with Gasteiger partial charge in [-0.05, 0) is 27.2 Å². The van der Waals surface area contributed by atoms with E-state index in [1.165, 1.54) is 0 Å². The van der Waals surface area contributed by atoms with Crippen molar-refractivity contribution in [2.24, 2.45) is 0 Å². The molecule has 0 bridgehead atoms. The Balaban J connectivity index is 3.08. The largest absolute Gasteiger partial charge is 0.396 e. The first kappa shape index (κ1) is 9.10. The fourth-order valence-corrected chi connectivity index (χ4v) is 1.28. The number of aromatic nitrogens is 2. The van der Waals surface area contributed by atoms with Gasteiger partial charge in [0.05, 0.1) is 17.1 Å². The Labute approximate surface area is 73.6 Å². The molecule has 1 atom stereocenters. The molecule has 0 aliphatic rings. The number of anilines is 1. The van der Waals surface area contributed by atoms with Crippen molar-refractivity contribution in [2.45, 2.75) is 40.2 Å². The van der Waals surface area contributed by atoms with Gasteiger partial charge in [0.15, 0.2) is 0 Å². The molecule has 3 heteroatoms. The van der Waals surface area contributed by atoms with Gasteiger partial charge in [-0.15, -0.1) is 0 Å². The molecule has 0 saturated carbocycles. The van der Waals surface area contributed by atoms with Crippen LogP contribution in [0.3, 0.4) is 0 Å². The average Bonchev–Trinajstić information content (AvgIpc) is 2.32. The third-order valence-corrected chi connectivity index (χ3v) is 2.39. The van der Waals surface area contributed by atoms with Gasteiger partial charge < -0.3 is 5.73 Å². The summed E-state index contributed by atoms with van der Waals surface area (Å²) in [5, 5.41) is 4.37. The van der Waals surface area contributed by atoms with E-state index >= 15 is 0 Å². The quantitative estimate of drug-likeness (QED) is 0.732. The monoisotopic (exact) mass is 167 g/mol. The van der Waals surface area contributed by atoms with E-state index in [0.717, 1.165) is 23.5 Å². The van der Waals surface area contributed by atoms with Gasteiger partial charge in [0.1, 0.15) is 0 Å². The maximum Gasteiger partial charge on any atom is 0.0826 e. The van der Waals surface area contributed by atoms with Crippen LogP contribution in [0.5, 0.6) is 0 Å². The molecule has 68 valence electrons. The van der Waals surface area contributed by atoms with Crippen LogP contribution < -0.4 is 5.73 Å². The van der Waals surface area contributed by atoms with Crippen molar-refractivity contribution in [3.63, 3.8) is 0 Å². The van der Waals surface area contributed by atoms with Gasteiger partial charge in [0.2, 0.25) is 0 Å². The summed E-state index contributed by atoms with van der Waals surface area (Å²) in [7, 11) is 0. The van der Waals surface area contributed by atoms with E-state index in [1.807, 2.05) is 18.5 Å². The summed E-state index contributed by atoms with van der Waals surface area (Å²) in [4.78, 5) is 0. The molecule has 0 radical (unpaired) electrons. The van der Waals surface area contributed by atoms with Crippen molar-refractivity contribution in [3.8, 4) is 0 Å². The molecule has 0 amide bonds. The van der Waals surface area contributed by atoms with E-state index in [4.69, 9.17) is 5.73 Å². The minimum Gasteiger partial charge on any atom is -0.396 e. The normalized spacial score (nSPS) is 13.3. The Bertz CT molecular complexity index is 276. The van der Waals surface area contributed by atoms with Crippen LogP contribution in [-0.4, -0.2) is 9.78 Å². The number of nitrogen functional groups attached to an aromatic ring is 1. The topological polar surface area (TPSA) is 43.8 Å². The SMILES string of the molecule is CCC(C)n1nc(C)c(N)c1C. The Morgan fingerprint density at radius 1 is 1.50 bits per heavy atom. The van der Waals surface area contributed by atoms with Crippen LogP contribution in [-0.2, 0) is 0 Å². The zero-order valence-corrected chi connectivity index (χ0v) is 8.26. The van der Waals surface area contributed by atoms with Gasteiger partial charge in [-0.2, -0.15) is 5.10 Å². The highest BCUT2D eigenvalue weighted by molar-refractivity contribution is 5.46. The molecule has 3 nitrogen and oxygen atoms in total. The van der Waals surface area contributed by atoms with Crippen molar-refractivity contribution >= 4 is 5.69 Å². The number of rotatable bonds is 2. The lowest BCUT2D eigenvalue weighted by Gasteiger charge is -2.10. The second-order valence-corrected chi connectivity index (χ2v) is 3.29. The summed E-state index contributed by atoms with van der Waals surface area (Å²) in [6.45, 7) is 8.26. The molecule has 0 fully saturated rings. The smallest absolute Gasteiger partial charge is 0.0826 e. The molecule has 12 heavy (non-hydrogen) atoms. The molecule has 1 rings (SSSR count). The van der Waals surface area contributed by atoms with E-state index in [1.54, 1.807) is 0 Å². The predicted molar refractivity (Wildman–Crippen MR) is 51.1 cm³/mol. The first-order valence-corrected chi connectivity index (χ1v) is 4.39. The van der Waals surface area contributed by atoms with Crippen LogP contribution in [0.25, 0.3) is 0 Å². The van der Waals surface area contributed by atoms with Crippen molar-refractivity contribution in [2.75, 3.05) is 5.73 Å². The number of aryl methyl sites for hydroxylation is 1. The summed E-state index contributed by atoms with van der Waals surface area (Å²) in [5.74, 6) is 0. The third kappa shape index (κ3) is 1.31. The predicted octanol–water partition coefficient (Wildman–Crippen LogP) is 2.05. The molecule has 1 heterocycles. The first-order valence-electron chi connectivity index (χ1n) is 4.39. The molecule has 0 saturated heterocycles. The van der Waals surface area contributed by atoms with Crippen LogP contribution in [0, 0.1) is 13.8 Å². The molecular weight excluding hydrogens is 150 g/mol. The van der Waals surface area contributed by atoms with Gasteiger partial charge in [0, 0.05) is 6.04 Å². The summed E-state index contributed by atoms with van der Waals surface area (Å²) in [6.07, 6.45) is 1.08. The fraction of sp³-hybridized carbons (Fsp3) is 0.667. The molecule has 0 aromatic carbocycles. The molecule has 0 spiro atoms. The summed E-state index contributed by atoms with van der Waals surface area (Å²) < 4.78 is 2.00.